The lowest BCUT2D eigenvalue weighted by Gasteiger charge is -2.18. The number of nitrogens with one attached hydrogen (secondary N) is 1. The molecule has 1 N–H and O–H groups in total. The summed E-state index contributed by atoms with van der Waals surface area (Å²) in [5.74, 6) is 1.88. The third-order valence-electron chi connectivity index (χ3n) is 4.34. The molecule has 4 unspecified atom stereocenters. The highest BCUT2D eigenvalue weighted by atomic mass is 15.0. The third kappa shape index (κ3) is 2.75. The van der Waals surface area contributed by atoms with Gasteiger partial charge < -0.3 is 5.32 Å². The largest absolute Gasteiger partial charge is 0.311 e. The van der Waals surface area contributed by atoms with Gasteiger partial charge in [-0.05, 0) is 42.9 Å². The highest BCUT2D eigenvalue weighted by Crippen LogP contribution is 2.43. The van der Waals surface area contributed by atoms with Crippen LogP contribution in [0.1, 0.15) is 59.8 Å². The average Bonchev–Trinajstić information content (AvgIpc) is 2.75. The Hall–Kier alpha value is -0.0400. The van der Waals surface area contributed by atoms with Crippen LogP contribution in [0, 0.1) is 17.3 Å². The Morgan fingerprint density at radius 2 is 1.93 bits per heavy atom. The number of rotatable bonds is 4. The van der Waals surface area contributed by atoms with Gasteiger partial charge in [0.1, 0.15) is 0 Å². The smallest absolute Gasteiger partial charge is 0.0102 e. The quantitative estimate of drug-likeness (QED) is 0.746. The predicted molar refractivity (Wildman–Crippen MR) is 65.9 cm³/mol. The van der Waals surface area contributed by atoms with E-state index in [0.717, 1.165) is 23.9 Å². The Bertz CT molecular complexity index is 221. The molecule has 0 radical (unpaired) electrons. The summed E-state index contributed by atoms with van der Waals surface area (Å²) in [7, 11) is 0. The lowest BCUT2D eigenvalue weighted by Crippen LogP contribution is -2.34. The van der Waals surface area contributed by atoms with Crippen LogP contribution in [0.15, 0.2) is 0 Å². The first kappa shape index (κ1) is 11.4. The van der Waals surface area contributed by atoms with Gasteiger partial charge >= 0.3 is 0 Å². The second-order valence-corrected chi connectivity index (χ2v) is 6.71. The predicted octanol–water partition coefficient (Wildman–Crippen LogP) is 3.59. The minimum Gasteiger partial charge on any atom is -0.311 e. The fourth-order valence-electron chi connectivity index (χ4n) is 3.53. The van der Waals surface area contributed by atoms with Crippen molar-refractivity contribution >= 4 is 0 Å². The summed E-state index contributed by atoms with van der Waals surface area (Å²) in [6.45, 7) is 9.56. The SMILES string of the molecule is CCCC1CC1NC1CC(C)(C)CC1C. The van der Waals surface area contributed by atoms with Gasteiger partial charge in [-0.15, -0.1) is 0 Å². The van der Waals surface area contributed by atoms with Crippen LogP contribution in [-0.2, 0) is 0 Å². The first-order valence-electron chi connectivity index (χ1n) is 6.78. The molecular weight excluding hydrogens is 182 g/mol. The van der Waals surface area contributed by atoms with Crippen LogP contribution < -0.4 is 5.32 Å². The summed E-state index contributed by atoms with van der Waals surface area (Å²) in [5.41, 5.74) is 0.576. The topological polar surface area (TPSA) is 12.0 Å². The van der Waals surface area contributed by atoms with Gasteiger partial charge in [0.15, 0.2) is 0 Å². The summed E-state index contributed by atoms with van der Waals surface area (Å²) in [4.78, 5) is 0. The number of hydrogen-bond acceptors (Lipinski definition) is 1. The van der Waals surface area contributed by atoms with Crippen LogP contribution in [0.25, 0.3) is 0 Å². The molecule has 1 nitrogen and oxygen atoms in total. The highest BCUT2D eigenvalue weighted by molar-refractivity contribution is 4.99. The first-order chi connectivity index (χ1) is 7.02. The summed E-state index contributed by atoms with van der Waals surface area (Å²) in [6, 6.07) is 1.66. The molecule has 1 heteroatoms. The molecule has 4 atom stereocenters. The molecule has 15 heavy (non-hydrogen) atoms. The van der Waals surface area contributed by atoms with Crippen molar-refractivity contribution in [1.29, 1.82) is 0 Å². The van der Waals surface area contributed by atoms with E-state index in [2.05, 4.69) is 33.0 Å². The molecular formula is C14H27N. The maximum Gasteiger partial charge on any atom is 0.0102 e. The van der Waals surface area contributed by atoms with Gasteiger partial charge in [-0.3, -0.25) is 0 Å². The standard InChI is InChI=1S/C14H27N/c1-5-6-11-7-12(11)15-13-9-14(3,4)8-10(13)2/h10-13,15H,5-9H2,1-4H3. The minimum absolute atomic E-state index is 0.576. The molecule has 0 amide bonds. The molecule has 2 aliphatic carbocycles. The zero-order valence-electron chi connectivity index (χ0n) is 10.8. The van der Waals surface area contributed by atoms with Gasteiger partial charge in [-0.2, -0.15) is 0 Å². The van der Waals surface area contributed by atoms with E-state index in [1.54, 1.807) is 0 Å². The number of hydrogen-bond donors (Lipinski definition) is 1. The Morgan fingerprint density at radius 3 is 2.47 bits per heavy atom. The van der Waals surface area contributed by atoms with Crippen molar-refractivity contribution in [3.05, 3.63) is 0 Å². The maximum atomic E-state index is 3.89. The summed E-state index contributed by atoms with van der Waals surface area (Å²) < 4.78 is 0. The zero-order chi connectivity index (χ0) is 11.1. The van der Waals surface area contributed by atoms with E-state index in [1.807, 2.05) is 0 Å². The minimum atomic E-state index is 0.576. The molecule has 0 spiro atoms. The van der Waals surface area contributed by atoms with Crippen molar-refractivity contribution < 1.29 is 0 Å². The van der Waals surface area contributed by atoms with Crippen LogP contribution in [-0.4, -0.2) is 12.1 Å². The molecule has 0 saturated heterocycles. The molecule has 0 bridgehead atoms. The monoisotopic (exact) mass is 209 g/mol. The van der Waals surface area contributed by atoms with E-state index in [1.165, 1.54) is 32.1 Å². The summed E-state index contributed by atoms with van der Waals surface area (Å²) in [6.07, 6.45) is 7.01. The zero-order valence-corrected chi connectivity index (χ0v) is 10.8. The Labute approximate surface area is 95.0 Å². The van der Waals surface area contributed by atoms with Crippen LogP contribution in [0.2, 0.25) is 0 Å². The molecule has 0 aromatic heterocycles. The van der Waals surface area contributed by atoms with Crippen LogP contribution in [0.4, 0.5) is 0 Å². The van der Waals surface area contributed by atoms with Crippen molar-refractivity contribution in [2.24, 2.45) is 17.3 Å². The molecule has 2 rings (SSSR count). The van der Waals surface area contributed by atoms with Crippen molar-refractivity contribution in [3.63, 3.8) is 0 Å². The van der Waals surface area contributed by atoms with Crippen LogP contribution >= 0.6 is 0 Å². The molecule has 2 saturated carbocycles. The van der Waals surface area contributed by atoms with Crippen molar-refractivity contribution in [1.82, 2.24) is 5.32 Å². The van der Waals surface area contributed by atoms with E-state index in [9.17, 15) is 0 Å². The van der Waals surface area contributed by atoms with E-state index in [-0.39, 0.29) is 0 Å². The second-order valence-electron chi connectivity index (χ2n) is 6.71. The fraction of sp³-hybridized carbons (Fsp3) is 1.00. The van der Waals surface area contributed by atoms with Gasteiger partial charge in [0.25, 0.3) is 0 Å². The van der Waals surface area contributed by atoms with Gasteiger partial charge in [-0.25, -0.2) is 0 Å². The van der Waals surface area contributed by atoms with E-state index >= 15 is 0 Å². The van der Waals surface area contributed by atoms with Crippen molar-refractivity contribution in [2.75, 3.05) is 0 Å². The average molecular weight is 209 g/mol. The Balaban J connectivity index is 1.77. The third-order valence-corrected chi connectivity index (χ3v) is 4.34. The van der Waals surface area contributed by atoms with Crippen molar-refractivity contribution in [2.45, 2.75) is 71.9 Å². The normalized spacial score (nSPS) is 43.2. The van der Waals surface area contributed by atoms with E-state index < -0.39 is 0 Å². The molecule has 0 heterocycles. The second kappa shape index (κ2) is 4.08. The van der Waals surface area contributed by atoms with Crippen LogP contribution in [0.5, 0.6) is 0 Å². The lowest BCUT2D eigenvalue weighted by atomic mass is 9.91. The van der Waals surface area contributed by atoms with Crippen LogP contribution in [0.3, 0.4) is 0 Å². The van der Waals surface area contributed by atoms with Gasteiger partial charge in [-0.1, -0.05) is 34.1 Å². The molecule has 88 valence electrons. The molecule has 0 aliphatic heterocycles. The molecule has 2 aliphatic rings. The first-order valence-corrected chi connectivity index (χ1v) is 6.78. The Kier molecular flexibility index (Phi) is 3.12. The molecule has 2 fully saturated rings. The Morgan fingerprint density at radius 1 is 1.20 bits per heavy atom. The summed E-state index contributed by atoms with van der Waals surface area (Å²) in [5, 5.41) is 3.89. The summed E-state index contributed by atoms with van der Waals surface area (Å²) >= 11 is 0. The van der Waals surface area contributed by atoms with E-state index in [4.69, 9.17) is 0 Å². The maximum absolute atomic E-state index is 3.89. The highest BCUT2D eigenvalue weighted by Gasteiger charge is 2.42. The molecule has 0 aromatic rings. The van der Waals surface area contributed by atoms with E-state index in [0.29, 0.717) is 5.41 Å². The van der Waals surface area contributed by atoms with Gasteiger partial charge in [0.2, 0.25) is 0 Å². The van der Waals surface area contributed by atoms with Gasteiger partial charge in [0, 0.05) is 12.1 Å². The van der Waals surface area contributed by atoms with Crippen molar-refractivity contribution in [3.8, 4) is 0 Å². The fourth-order valence-corrected chi connectivity index (χ4v) is 3.53. The molecule has 0 aromatic carbocycles. The van der Waals surface area contributed by atoms with Gasteiger partial charge in [0.05, 0.1) is 0 Å². The lowest BCUT2D eigenvalue weighted by molar-refractivity contribution is 0.361.